The Morgan fingerprint density at radius 3 is 2.03 bits per heavy atom. The molecule has 174 valence electrons. The number of carbonyl (C=O) groups excluding carboxylic acids is 1. The van der Waals surface area contributed by atoms with Crippen LogP contribution in [0.3, 0.4) is 0 Å². The van der Waals surface area contributed by atoms with Crippen molar-refractivity contribution >= 4 is 54.6 Å². The van der Waals surface area contributed by atoms with Crippen molar-refractivity contribution in [2.24, 2.45) is 0 Å². The maximum absolute atomic E-state index is 13.0. The number of anilines is 3. The van der Waals surface area contributed by atoms with Crippen LogP contribution in [0.5, 0.6) is 0 Å². The number of halogens is 1. The topological polar surface area (TPSA) is 121 Å². The Hall–Kier alpha value is -3.08. The van der Waals surface area contributed by atoms with Gasteiger partial charge in [0, 0.05) is 12.6 Å². The Balaban J connectivity index is 1.88. The van der Waals surface area contributed by atoms with Crippen LogP contribution >= 0.6 is 11.6 Å². The molecule has 0 spiro atoms. The number of hydrogen-bond donors (Lipinski definition) is 3. The second-order valence-electron chi connectivity index (χ2n) is 7.38. The van der Waals surface area contributed by atoms with Gasteiger partial charge in [-0.15, -0.1) is 0 Å². The van der Waals surface area contributed by atoms with Crippen molar-refractivity contribution in [1.29, 1.82) is 0 Å². The predicted octanol–water partition coefficient (Wildman–Crippen LogP) is 4.52. The highest BCUT2D eigenvalue weighted by molar-refractivity contribution is 7.93. The number of sulfonamides is 2. The zero-order valence-corrected chi connectivity index (χ0v) is 20.4. The van der Waals surface area contributed by atoms with Gasteiger partial charge in [-0.3, -0.25) is 14.2 Å². The van der Waals surface area contributed by atoms with E-state index < -0.39 is 20.0 Å². The molecule has 1 amide bonds. The molecule has 33 heavy (non-hydrogen) atoms. The van der Waals surface area contributed by atoms with Crippen molar-refractivity contribution in [2.75, 3.05) is 14.8 Å². The molecule has 11 heteroatoms. The van der Waals surface area contributed by atoms with E-state index in [0.717, 1.165) is 17.2 Å². The predicted molar refractivity (Wildman–Crippen MR) is 130 cm³/mol. The molecule has 0 bridgehead atoms. The highest BCUT2D eigenvalue weighted by Gasteiger charge is 2.21. The van der Waals surface area contributed by atoms with Crippen molar-refractivity contribution in [3.63, 3.8) is 0 Å². The lowest BCUT2D eigenvalue weighted by Crippen LogP contribution is -2.16. The van der Waals surface area contributed by atoms with Crippen LogP contribution < -0.4 is 14.8 Å². The van der Waals surface area contributed by atoms with E-state index in [4.69, 9.17) is 11.6 Å². The molecule has 0 radical (unpaired) electrons. The van der Waals surface area contributed by atoms with E-state index in [1.807, 2.05) is 13.0 Å². The van der Waals surface area contributed by atoms with Gasteiger partial charge in [-0.1, -0.05) is 29.3 Å². The van der Waals surface area contributed by atoms with Crippen LogP contribution in [0.2, 0.25) is 5.02 Å². The monoisotopic (exact) mass is 507 g/mol. The van der Waals surface area contributed by atoms with Gasteiger partial charge in [-0.2, -0.15) is 0 Å². The van der Waals surface area contributed by atoms with Gasteiger partial charge in [-0.25, -0.2) is 16.8 Å². The maximum Gasteiger partial charge on any atom is 0.263 e. The van der Waals surface area contributed by atoms with Crippen molar-refractivity contribution in [1.82, 2.24) is 0 Å². The number of benzene rings is 3. The van der Waals surface area contributed by atoms with Gasteiger partial charge in [0.05, 0.1) is 21.3 Å². The molecule has 3 N–H and O–H groups in total. The summed E-state index contributed by atoms with van der Waals surface area (Å²) in [4.78, 5) is 10.8. The lowest BCUT2D eigenvalue weighted by molar-refractivity contribution is -0.114. The lowest BCUT2D eigenvalue weighted by atomic mass is 10.1. The summed E-state index contributed by atoms with van der Waals surface area (Å²) in [5.74, 6) is -0.284. The van der Waals surface area contributed by atoms with Crippen LogP contribution in [-0.2, 0) is 24.8 Å². The molecule has 0 heterocycles. The Morgan fingerprint density at radius 2 is 1.42 bits per heavy atom. The Morgan fingerprint density at radius 1 is 0.788 bits per heavy atom. The first-order valence-electron chi connectivity index (χ1n) is 9.67. The van der Waals surface area contributed by atoms with Crippen molar-refractivity contribution in [3.8, 4) is 0 Å². The molecule has 0 unspecified atom stereocenters. The van der Waals surface area contributed by atoms with Gasteiger partial charge < -0.3 is 5.32 Å². The largest absolute Gasteiger partial charge is 0.326 e. The summed E-state index contributed by atoms with van der Waals surface area (Å²) in [6.07, 6.45) is 0. The van der Waals surface area contributed by atoms with E-state index in [1.165, 1.54) is 43.3 Å². The number of carbonyl (C=O) groups is 1. The Bertz CT molecular complexity index is 1420. The van der Waals surface area contributed by atoms with Gasteiger partial charge in [0.2, 0.25) is 5.91 Å². The summed E-state index contributed by atoms with van der Waals surface area (Å²) >= 11 is 6.13. The van der Waals surface area contributed by atoms with Gasteiger partial charge >= 0.3 is 0 Å². The summed E-state index contributed by atoms with van der Waals surface area (Å²) in [6, 6.07) is 14.6. The highest BCUT2D eigenvalue weighted by atomic mass is 35.5. The molecule has 0 fully saturated rings. The van der Waals surface area contributed by atoms with Gasteiger partial charge in [0.1, 0.15) is 4.90 Å². The molecule has 0 saturated carbocycles. The fourth-order valence-electron chi connectivity index (χ4n) is 3.04. The average Bonchev–Trinajstić information content (AvgIpc) is 2.71. The minimum atomic E-state index is -4.10. The van der Waals surface area contributed by atoms with E-state index in [1.54, 1.807) is 19.1 Å². The molecule has 0 saturated heterocycles. The van der Waals surface area contributed by atoms with Gasteiger partial charge in [0.25, 0.3) is 20.0 Å². The average molecular weight is 508 g/mol. The van der Waals surface area contributed by atoms with E-state index in [9.17, 15) is 21.6 Å². The van der Waals surface area contributed by atoms with Crippen molar-refractivity contribution < 1.29 is 21.6 Å². The molecule has 0 atom stereocenters. The first kappa shape index (κ1) is 24.6. The summed E-state index contributed by atoms with van der Waals surface area (Å²) in [7, 11) is -8.12. The first-order chi connectivity index (χ1) is 15.4. The van der Waals surface area contributed by atoms with Crippen molar-refractivity contribution in [3.05, 3.63) is 76.8 Å². The number of nitrogens with one attached hydrogen (secondary N) is 3. The Kier molecular flexibility index (Phi) is 7.01. The number of amides is 1. The lowest BCUT2D eigenvalue weighted by Gasteiger charge is -2.14. The minimum Gasteiger partial charge on any atom is -0.326 e. The van der Waals surface area contributed by atoms with Crippen LogP contribution in [0.15, 0.2) is 70.5 Å². The quantitative estimate of drug-likeness (QED) is 0.434. The second-order valence-corrected chi connectivity index (χ2v) is 11.1. The van der Waals surface area contributed by atoms with Crippen LogP contribution in [0.1, 0.15) is 18.1 Å². The number of aryl methyl sites for hydroxylation is 2. The molecule has 0 aliphatic rings. The fraction of sp³-hybridized carbons (Fsp3) is 0.136. The zero-order valence-electron chi connectivity index (χ0n) is 18.0. The summed E-state index contributed by atoms with van der Waals surface area (Å²) < 4.78 is 56.3. The second kappa shape index (κ2) is 9.42. The van der Waals surface area contributed by atoms with Crippen LogP contribution in [-0.4, -0.2) is 22.7 Å². The SMILES string of the molecule is CC(=O)Nc1ccc(S(=O)(=O)Nc2ccc(Cl)c(S(=O)(=O)Nc3ccc(C)cc3C)c2)cc1. The molecule has 8 nitrogen and oxygen atoms in total. The van der Waals surface area contributed by atoms with E-state index in [-0.39, 0.29) is 26.4 Å². The third-order valence-corrected chi connectivity index (χ3v) is 7.83. The van der Waals surface area contributed by atoms with E-state index >= 15 is 0 Å². The van der Waals surface area contributed by atoms with E-state index in [0.29, 0.717) is 11.4 Å². The smallest absolute Gasteiger partial charge is 0.263 e. The third-order valence-electron chi connectivity index (χ3n) is 4.58. The van der Waals surface area contributed by atoms with E-state index in [2.05, 4.69) is 14.8 Å². The summed E-state index contributed by atoms with van der Waals surface area (Å²) in [5, 5.41) is 2.49. The third kappa shape index (κ3) is 6.04. The highest BCUT2D eigenvalue weighted by Crippen LogP contribution is 2.29. The maximum atomic E-state index is 13.0. The number of rotatable bonds is 7. The molecule has 0 aliphatic heterocycles. The molecule has 0 aromatic heterocycles. The molecule has 0 aliphatic carbocycles. The van der Waals surface area contributed by atoms with Crippen LogP contribution in [0.25, 0.3) is 0 Å². The first-order valence-corrected chi connectivity index (χ1v) is 13.0. The van der Waals surface area contributed by atoms with Gasteiger partial charge in [0.15, 0.2) is 0 Å². The standard InChI is InChI=1S/C22H22ClN3O5S2/c1-14-4-11-21(15(2)12-14)26-33(30,31)22-13-18(7-10-20(22)23)25-32(28,29)19-8-5-17(6-9-19)24-16(3)27/h4-13,25-26H,1-3H3,(H,24,27). The summed E-state index contributed by atoms with van der Waals surface area (Å²) in [5.41, 5.74) is 2.57. The Labute approximate surface area is 198 Å². The van der Waals surface area contributed by atoms with Crippen LogP contribution in [0.4, 0.5) is 17.1 Å². The molecular weight excluding hydrogens is 486 g/mol. The zero-order chi connectivity index (χ0) is 24.4. The molecule has 3 aromatic carbocycles. The molecular formula is C22H22ClN3O5S2. The fourth-order valence-corrected chi connectivity index (χ4v) is 5.74. The number of hydrogen-bond acceptors (Lipinski definition) is 5. The molecule has 3 rings (SSSR count). The summed E-state index contributed by atoms with van der Waals surface area (Å²) in [6.45, 7) is 5.01. The van der Waals surface area contributed by atoms with Crippen LogP contribution in [0, 0.1) is 13.8 Å². The molecule has 3 aromatic rings. The minimum absolute atomic E-state index is 0.0198. The normalized spacial score (nSPS) is 11.6. The van der Waals surface area contributed by atoms with Gasteiger partial charge in [-0.05, 0) is 67.9 Å². The van der Waals surface area contributed by atoms with Crippen molar-refractivity contribution in [2.45, 2.75) is 30.6 Å².